The molecule has 3 rings (SSSR count). The highest BCUT2D eigenvalue weighted by Crippen LogP contribution is 2.31. The largest absolute Gasteiger partial charge is 0.495 e. The van der Waals surface area contributed by atoms with Crippen molar-refractivity contribution in [2.24, 2.45) is 0 Å². The van der Waals surface area contributed by atoms with E-state index in [1.54, 1.807) is 17.0 Å². The van der Waals surface area contributed by atoms with E-state index in [2.05, 4.69) is 4.72 Å². The van der Waals surface area contributed by atoms with Gasteiger partial charge >= 0.3 is 0 Å². The Morgan fingerprint density at radius 1 is 1.15 bits per heavy atom. The number of aryl methyl sites for hydroxylation is 1. The molecule has 1 fully saturated rings. The minimum absolute atomic E-state index is 0.00568. The van der Waals surface area contributed by atoms with Crippen molar-refractivity contribution in [2.75, 3.05) is 18.6 Å². The van der Waals surface area contributed by atoms with Crippen LogP contribution < -0.4 is 14.4 Å². The maximum absolute atomic E-state index is 12.8. The number of anilines is 1. The highest BCUT2D eigenvalue weighted by molar-refractivity contribution is 7.89. The zero-order valence-corrected chi connectivity index (χ0v) is 15.7. The Morgan fingerprint density at radius 2 is 1.88 bits per heavy atom. The Bertz CT molecular complexity index is 908. The molecule has 0 aromatic heterocycles. The molecule has 1 amide bonds. The van der Waals surface area contributed by atoms with E-state index in [0.717, 1.165) is 17.5 Å². The number of nitrogens with zero attached hydrogens (tertiary/aromatic N) is 1. The summed E-state index contributed by atoms with van der Waals surface area (Å²) in [6, 6.07) is 12.4. The third kappa shape index (κ3) is 3.89. The average Bonchev–Trinajstić information content (AvgIpc) is 3.06. The lowest BCUT2D eigenvalue weighted by Gasteiger charge is -2.18. The van der Waals surface area contributed by atoms with Gasteiger partial charge in [-0.3, -0.25) is 4.79 Å². The zero-order chi connectivity index (χ0) is 18.7. The van der Waals surface area contributed by atoms with Crippen LogP contribution >= 0.6 is 0 Å². The average molecular weight is 374 g/mol. The number of hydrogen-bond donors (Lipinski definition) is 1. The third-order valence-electron chi connectivity index (χ3n) is 4.41. The lowest BCUT2D eigenvalue weighted by Crippen LogP contribution is -2.26. The van der Waals surface area contributed by atoms with Crippen molar-refractivity contribution >= 4 is 21.6 Å². The summed E-state index contributed by atoms with van der Waals surface area (Å²) in [5, 5.41) is 0. The summed E-state index contributed by atoms with van der Waals surface area (Å²) < 4.78 is 33.4. The van der Waals surface area contributed by atoms with Gasteiger partial charge in [0.1, 0.15) is 10.6 Å². The molecule has 26 heavy (non-hydrogen) atoms. The van der Waals surface area contributed by atoms with Crippen LogP contribution in [0.4, 0.5) is 5.69 Å². The van der Waals surface area contributed by atoms with E-state index >= 15 is 0 Å². The van der Waals surface area contributed by atoms with Gasteiger partial charge in [0, 0.05) is 25.2 Å². The number of methoxy groups -OCH3 is 1. The topological polar surface area (TPSA) is 75.7 Å². The molecule has 0 aliphatic carbocycles. The second kappa shape index (κ2) is 7.47. The maximum Gasteiger partial charge on any atom is 0.244 e. The van der Waals surface area contributed by atoms with Crippen LogP contribution in [0.25, 0.3) is 0 Å². The van der Waals surface area contributed by atoms with Gasteiger partial charge in [-0.1, -0.05) is 29.8 Å². The van der Waals surface area contributed by atoms with Crippen LogP contribution in [0.2, 0.25) is 0 Å². The smallest absolute Gasteiger partial charge is 0.244 e. The van der Waals surface area contributed by atoms with Crippen molar-refractivity contribution in [1.29, 1.82) is 0 Å². The van der Waals surface area contributed by atoms with Crippen molar-refractivity contribution in [3.8, 4) is 5.75 Å². The molecule has 0 unspecified atom stereocenters. The van der Waals surface area contributed by atoms with E-state index in [1.165, 1.54) is 13.2 Å². The van der Waals surface area contributed by atoms with Gasteiger partial charge in [-0.05, 0) is 37.1 Å². The Balaban J connectivity index is 1.87. The summed E-state index contributed by atoms with van der Waals surface area (Å²) in [4.78, 5) is 13.6. The first-order valence-electron chi connectivity index (χ1n) is 8.44. The van der Waals surface area contributed by atoms with Crippen LogP contribution in [0, 0.1) is 6.92 Å². The molecule has 0 atom stereocenters. The molecular weight excluding hydrogens is 352 g/mol. The second-order valence-corrected chi connectivity index (χ2v) is 8.03. The molecule has 7 heteroatoms. The standard InChI is InChI=1S/C19H22N2O4S/c1-14-5-7-15(8-6-14)13-20-26(23,24)18-12-16(9-10-17(18)25-2)21-11-3-4-19(21)22/h5-10,12,20H,3-4,11,13H2,1-2H3. The Hall–Kier alpha value is -2.38. The van der Waals surface area contributed by atoms with E-state index in [0.29, 0.717) is 18.7 Å². The van der Waals surface area contributed by atoms with E-state index in [-0.39, 0.29) is 23.1 Å². The molecule has 1 aliphatic heterocycles. The van der Waals surface area contributed by atoms with Crippen LogP contribution in [-0.2, 0) is 21.4 Å². The third-order valence-corrected chi connectivity index (χ3v) is 5.83. The fourth-order valence-corrected chi connectivity index (χ4v) is 4.13. The van der Waals surface area contributed by atoms with Gasteiger partial charge in [-0.2, -0.15) is 0 Å². The minimum atomic E-state index is -3.79. The van der Waals surface area contributed by atoms with Crippen molar-refractivity contribution < 1.29 is 17.9 Å². The predicted molar refractivity (Wildman–Crippen MR) is 99.8 cm³/mol. The molecule has 2 aromatic carbocycles. The van der Waals surface area contributed by atoms with Crippen LogP contribution in [0.1, 0.15) is 24.0 Å². The van der Waals surface area contributed by atoms with Crippen LogP contribution in [0.5, 0.6) is 5.75 Å². The molecule has 1 aliphatic rings. The normalized spacial score (nSPS) is 14.7. The number of ether oxygens (including phenoxy) is 1. The molecule has 6 nitrogen and oxygen atoms in total. The summed E-state index contributed by atoms with van der Waals surface area (Å²) in [6.07, 6.45) is 1.26. The molecular formula is C19H22N2O4S. The number of rotatable bonds is 6. The molecule has 0 spiro atoms. The van der Waals surface area contributed by atoms with Crippen molar-refractivity contribution in [1.82, 2.24) is 4.72 Å². The first-order chi connectivity index (χ1) is 12.4. The molecule has 1 heterocycles. The number of amides is 1. The lowest BCUT2D eigenvalue weighted by molar-refractivity contribution is -0.117. The Labute approximate surface area is 153 Å². The number of nitrogens with one attached hydrogen (secondary N) is 1. The van der Waals surface area contributed by atoms with Gasteiger partial charge in [-0.15, -0.1) is 0 Å². The van der Waals surface area contributed by atoms with Crippen molar-refractivity contribution in [3.05, 3.63) is 53.6 Å². The quantitative estimate of drug-likeness (QED) is 0.843. The minimum Gasteiger partial charge on any atom is -0.495 e. The zero-order valence-electron chi connectivity index (χ0n) is 14.9. The summed E-state index contributed by atoms with van der Waals surface area (Å²) in [5.41, 5.74) is 2.55. The van der Waals surface area contributed by atoms with Gasteiger partial charge in [0.2, 0.25) is 15.9 Å². The number of benzene rings is 2. The molecule has 1 N–H and O–H groups in total. The molecule has 138 valence electrons. The first-order valence-corrected chi connectivity index (χ1v) is 9.92. The number of carbonyl (C=O) groups excluding carboxylic acids is 1. The van der Waals surface area contributed by atoms with Crippen LogP contribution in [0.3, 0.4) is 0 Å². The summed E-state index contributed by atoms with van der Waals surface area (Å²) in [7, 11) is -2.37. The molecule has 0 bridgehead atoms. The molecule has 1 saturated heterocycles. The van der Waals surface area contributed by atoms with Gasteiger partial charge in [-0.25, -0.2) is 13.1 Å². The van der Waals surface area contributed by atoms with E-state index in [4.69, 9.17) is 4.74 Å². The SMILES string of the molecule is COc1ccc(N2CCCC2=O)cc1S(=O)(=O)NCc1ccc(C)cc1. The van der Waals surface area contributed by atoms with Crippen molar-refractivity contribution in [3.63, 3.8) is 0 Å². The van der Waals surface area contributed by atoms with E-state index in [1.807, 2.05) is 31.2 Å². The lowest BCUT2D eigenvalue weighted by atomic mass is 10.2. The molecule has 0 saturated carbocycles. The first kappa shape index (κ1) is 18.4. The highest BCUT2D eigenvalue weighted by atomic mass is 32.2. The number of hydrogen-bond acceptors (Lipinski definition) is 4. The maximum atomic E-state index is 12.8. The Morgan fingerprint density at radius 3 is 2.50 bits per heavy atom. The number of carbonyl (C=O) groups is 1. The second-order valence-electron chi connectivity index (χ2n) is 6.29. The van der Waals surface area contributed by atoms with Crippen LogP contribution in [-0.4, -0.2) is 28.0 Å². The Kier molecular flexibility index (Phi) is 5.29. The summed E-state index contributed by atoms with van der Waals surface area (Å²) in [6.45, 7) is 2.75. The molecule has 2 aromatic rings. The van der Waals surface area contributed by atoms with Gasteiger partial charge in [0.05, 0.1) is 7.11 Å². The fraction of sp³-hybridized carbons (Fsp3) is 0.316. The fourth-order valence-electron chi connectivity index (χ4n) is 2.93. The van der Waals surface area contributed by atoms with Gasteiger partial charge in [0.15, 0.2) is 0 Å². The van der Waals surface area contributed by atoms with Gasteiger partial charge < -0.3 is 9.64 Å². The van der Waals surface area contributed by atoms with Crippen molar-refractivity contribution in [2.45, 2.75) is 31.2 Å². The van der Waals surface area contributed by atoms with E-state index in [9.17, 15) is 13.2 Å². The monoisotopic (exact) mass is 374 g/mol. The number of sulfonamides is 1. The summed E-state index contributed by atoms with van der Waals surface area (Å²) in [5.74, 6) is 0.253. The summed E-state index contributed by atoms with van der Waals surface area (Å²) >= 11 is 0. The van der Waals surface area contributed by atoms with Crippen LogP contribution in [0.15, 0.2) is 47.4 Å². The van der Waals surface area contributed by atoms with E-state index < -0.39 is 10.0 Å². The highest BCUT2D eigenvalue weighted by Gasteiger charge is 2.25. The van der Waals surface area contributed by atoms with Gasteiger partial charge in [0.25, 0.3) is 0 Å². The molecule has 0 radical (unpaired) electrons. The predicted octanol–water partition coefficient (Wildman–Crippen LogP) is 2.61.